The molecule has 3 heteroatoms. The molecule has 0 saturated heterocycles. The summed E-state index contributed by atoms with van der Waals surface area (Å²) in [6, 6.07) is 0. The summed E-state index contributed by atoms with van der Waals surface area (Å²) in [4.78, 5) is 0. The smallest absolute Gasteiger partial charge is 0.250 e. The van der Waals surface area contributed by atoms with E-state index in [2.05, 4.69) is 6.92 Å². The highest BCUT2D eigenvalue weighted by molar-refractivity contribution is 4.90. The Hall–Kier alpha value is -0.180. The van der Waals surface area contributed by atoms with Crippen molar-refractivity contribution < 1.29 is 13.9 Å². The number of hydrogen-bond acceptors (Lipinski definition) is 1. The fourth-order valence-corrected chi connectivity index (χ4v) is 1.88. The van der Waals surface area contributed by atoms with Gasteiger partial charge in [-0.2, -0.15) is 0 Å². The Morgan fingerprint density at radius 2 is 2.00 bits per heavy atom. The fourth-order valence-electron chi connectivity index (χ4n) is 1.88. The molecule has 1 aliphatic rings. The van der Waals surface area contributed by atoms with Gasteiger partial charge in [-0.15, -0.1) is 0 Å². The van der Waals surface area contributed by atoms with Crippen molar-refractivity contribution in [1.29, 1.82) is 0 Å². The zero-order valence-electron chi connectivity index (χ0n) is 7.15. The first-order chi connectivity index (χ1) is 5.47. The van der Waals surface area contributed by atoms with Crippen molar-refractivity contribution in [1.82, 2.24) is 0 Å². The van der Waals surface area contributed by atoms with E-state index in [1.165, 1.54) is 0 Å². The van der Waals surface area contributed by atoms with E-state index in [9.17, 15) is 13.9 Å². The fraction of sp³-hybridized carbons (Fsp3) is 0.889. The third-order valence-corrected chi connectivity index (χ3v) is 2.41. The second kappa shape index (κ2) is 3.29. The van der Waals surface area contributed by atoms with Gasteiger partial charge in [0.25, 0.3) is 5.92 Å². The summed E-state index contributed by atoms with van der Waals surface area (Å²) in [6.07, 6.45) is 1.37. The van der Waals surface area contributed by atoms with Crippen molar-refractivity contribution in [3.05, 3.63) is 6.92 Å². The summed E-state index contributed by atoms with van der Waals surface area (Å²) in [6.45, 7) is 3.57. The molecule has 1 unspecified atom stereocenters. The number of hydrogen-bond donors (Lipinski definition) is 1. The first-order valence-electron chi connectivity index (χ1n) is 4.37. The molecule has 0 aromatic rings. The number of alkyl halides is 2. The molecule has 0 aliphatic heterocycles. The van der Waals surface area contributed by atoms with Crippen LogP contribution in [0.15, 0.2) is 0 Å². The molecule has 0 heterocycles. The maximum atomic E-state index is 12.8. The van der Waals surface area contributed by atoms with Crippen LogP contribution in [-0.2, 0) is 0 Å². The topological polar surface area (TPSA) is 20.2 Å². The normalized spacial score (nSPS) is 35.0. The van der Waals surface area contributed by atoms with E-state index in [1.54, 1.807) is 0 Å². The van der Waals surface area contributed by atoms with Crippen LogP contribution in [0.25, 0.3) is 0 Å². The van der Waals surface area contributed by atoms with Crippen molar-refractivity contribution >= 4 is 0 Å². The van der Waals surface area contributed by atoms with E-state index in [0.717, 1.165) is 0 Å². The largest absolute Gasteiger partial charge is 0.390 e. The van der Waals surface area contributed by atoms with Crippen LogP contribution < -0.4 is 0 Å². The highest BCUT2D eigenvalue weighted by atomic mass is 19.3. The number of rotatable bonds is 2. The van der Waals surface area contributed by atoms with Gasteiger partial charge in [-0.05, 0) is 19.3 Å². The molecule has 1 nitrogen and oxygen atoms in total. The standard InChI is InChI=1S/C9H15F2O/c1-2-4-8(12)5-3-6-9(10,11)7-8/h12H,1-7H2. The SMILES string of the molecule is [CH2]CCC1(O)CCCC(F)(F)C1. The third-order valence-electron chi connectivity index (χ3n) is 2.41. The summed E-state index contributed by atoms with van der Waals surface area (Å²) >= 11 is 0. The van der Waals surface area contributed by atoms with Crippen LogP contribution in [0.3, 0.4) is 0 Å². The van der Waals surface area contributed by atoms with Crippen LogP contribution in [0, 0.1) is 6.92 Å². The van der Waals surface area contributed by atoms with Crippen LogP contribution in [0.5, 0.6) is 0 Å². The third kappa shape index (κ3) is 2.41. The maximum Gasteiger partial charge on any atom is 0.250 e. The molecular formula is C9H15F2O. The summed E-state index contributed by atoms with van der Waals surface area (Å²) in [5.41, 5.74) is -1.15. The van der Waals surface area contributed by atoms with Gasteiger partial charge in [-0.1, -0.05) is 13.3 Å². The average molecular weight is 177 g/mol. The van der Waals surface area contributed by atoms with Gasteiger partial charge in [0.15, 0.2) is 0 Å². The lowest BCUT2D eigenvalue weighted by molar-refractivity contribution is -0.126. The van der Waals surface area contributed by atoms with Gasteiger partial charge in [-0.3, -0.25) is 0 Å². The van der Waals surface area contributed by atoms with Crippen molar-refractivity contribution in [2.24, 2.45) is 0 Å². The summed E-state index contributed by atoms with van der Waals surface area (Å²) in [7, 11) is 0. The van der Waals surface area contributed by atoms with E-state index in [-0.39, 0.29) is 12.8 Å². The van der Waals surface area contributed by atoms with Gasteiger partial charge < -0.3 is 5.11 Å². The first kappa shape index (κ1) is 9.90. The Balaban J connectivity index is 2.55. The van der Waals surface area contributed by atoms with Gasteiger partial charge in [0.1, 0.15) is 0 Å². The van der Waals surface area contributed by atoms with Crippen LogP contribution in [0.2, 0.25) is 0 Å². The molecule has 1 N–H and O–H groups in total. The van der Waals surface area contributed by atoms with Crippen molar-refractivity contribution in [3.8, 4) is 0 Å². The molecular weight excluding hydrogens is 162 g/mol. The molecule has 12 heavy (non-hydrogen) atoms. The Morgan fingerprint density at radius 3 is 2.50 bits per heavy atom. The quantitative estimate of drug-likeness (QED) is 0.687. The number of halogens is 2. The van der Waals surface area contributed by atoms with Crippen LogP contribution in [-0.4, -0.2) is 16.6 Å². The van der Waals surface area contributed by atoms with E-state index < -0.39 is 11.5 Å². The van der Waals surface area contributed by atoms with Crippen molar-refractivity contribution in [3.63, 3.8) is 0 Å². The molecule has 0 aromatic heterocycles. The zero-order valence-corrected chi connectivity index (χ0v) is 7.15. The van der Waals surface area contributed by atoms with Gasteiger partial charge in [0.2, 0.25) is 0 Å². The summed E-state index contributed by atoms with van der Waals surface area (Å²) in [5.74, 6) is -2.66. The van der Waals surface area contributed by atoms with Crippen LogP contribution in [0.1, 0.15) is 38.5 Å². The highest BCUT2D eigenvalue weighted by Crippen LogP contribution is 2.41. The van der Waals surface area contributed by atoms with E-state index in [0.29, 0.717) is 25.7 Å². The van der Waals surface area contributed by atoms with Gasteiger partial charge >= 0.3 is 0 Å². The summed E-state index contributed by atoms with van der Waals surface area (Å²) < 4.78 is 25.7. The Kier molecular flexibility index (Phi) is 2.71. The molecule has 1 radical (unpaired) electrons. The predicted molar refractivity (Wildman–Crippen MR) is 43.0 cm³/mol. The van der Waals surface area contributed by atoms with Crippen molar-refractivity contribution in [2.45, 2.75) is 50.0 Å². The molecule has 71 valence electrons. The van der Waals surface area contributed by atoms with Gasteiger partial charge in [0, 0.05) is 12.8 Å². The molecule has 0 spiro atoms. The Morgan fingerprint density at radius 1 is 1.33 bits per heavy atom. The zero-order chi connectivity index (χ0) is 9.24. The number of aliphatic hydroxyl groups is 1. The second-order valence-electron chi connectivity index (χ2n) is 3.71. The molecule has 0 bridgehead atoms. The summed E-state index contributed by atoms with van der Waals surface area (Å²) in [5, 5.41) is 9.69. The lowest BCUT2D eigenvalue weighted by atomic mass is 9.80. The van der Waals surface area contributed by atoms with E-state index in [4.69, 9.17) is 0 Å². The lowest BCUT2D eigenvalue weighted by Gasteiger charge is -2.36. The van der Waals surface area contributed by atoms with E-state index >= 15 is 0 Å². The Labute approximate surface area is 71.8 Å². The minimum atomic E-state index is -2.66. The molecule has 1 atom stereocenters. The molecule has 1 rings (SSSR count). The van der Waals surface area contributed by atoms with Crippen LogP contribution in [0.4, 0.5) is 8.78 Å². The second-order valence-corrected chi connectivity index (χ2v) is 3.71. The minimum Gasteiger partial charge on any atom is -0.390 e. The molecule has 0 amide bonds. The van der Waals surface area contributed by atoms with Gasteiger partial charge in [0.05, 0.1) is 5.60 Å². The average Bonchev–Trinajstić information content (AvgIpc) is 1.83. The minimum absolute atomic E-state index is 0.0769. The predicted octanol–water partition coefficient (Wildman–Crippen LogP) is 2.54. The Bertz CT molecular complexity index is 155. The maximum absolute atomic E-state index is 12.8. The molecule has 1 aliphatic carbocycles. The molecule has 0 aromatic carbocycles. The van der Waals surface area contributed by atoms with Gasteiger partial charge in [-0.25, -0.2) is 8.78 Å². The van der Waals surface area contributed by atoms with Crippen molar-refractivity contribution in [2.75, 3.05) is 0 Å². The monoisotopic (exact) mass is 177 g/mol. The lowest BCUT2D eigenvalue weighted by Crippen LogP contribution is -2.40. The molecule has 1 fully saturated rings. The first-order valence-corrected chi connectivity index (χ1v) is 4.37. The highest BCUT2D eigenvalue weighted by Gasteiger charge is 2.43. The van der Waals surface area contributed by atoms with E-state index in [1.807, 2.05) is 0 Å². The molecule has 1 saturated carbocycles. The van der Waals surface area contributed by atoms with Crippen LogP contribution >= 0.6 is 0 Å².